The van der Waals surface area contributed by atoms with Gasteiger partial charge in [0.1, 0.15) is 0 Å². The Morgan fingerprint density at radius 2 is 1.77 bits per heavy atom. The smallest absolute Gasteiger partial charge is 0.319 e. The highest BCUT2D eigenvalue weighted by atomic mass is 79.9. The molecule has 0 unspecified atom stereocenters. The SMILES string of the molecule is CCC(CC)(CBr)C(=O)P(=O)(O)O. The molecule has 0 aliphatic carbocycles. The van der Waals surface area contributed by atoms with Crippen LogP contribution in [0.1, 0.15) is 26.7 Å². The fraction of sp³-hybridized carbons (Fsp3) is 0.857. The summed E-state index contributed by atoms with van der Waals surface area (Å²) in [4.78, 5) is 28.9. The lowest BCUT2D eigenvalue weighted by Gasteiger charge is -2.27. The van der Waals surface area contributed by atoms with Crippen LogP contribution in [0.4, 0.5) is 0 Å². The average Bonchev–Trinajstić information content (AvgIpc) is 2.07. The molecule has 0 atom stereocenters. The molecule has 2 N–H and O–H groups in total. The van der Waals surface area contributed by atoms with Gasteiger partial charge in [0.2, 0.25) is 5.52 Å². The molecule has 0 aromatic heterocycles. The Morgan fingerprint density at radius 1 is 1.38 bits per heavy atom. The van der Waals surface area contributed by atoms with Crippen molar-refractivity contribution in [3.63, 3.8) is 0 Å². The van der Waals surface area contributed by atoms with E-state index in [2.05, 4.69) is 15.9 Å². The molecule has 0 spiro atoms. The van der Waals surface area contributed by atoms with Gasteiger partial charge in [-0.1, -0.05) is 29.8 Å². The van der Waals surface area contributed by atoms with E-state index in [1.165, 1.54) is 0 Å². The second-order valence-corrected chi connectivity index (χ2v) is 5.03. The minimum absolute atomic E-state index is 0.289. The summed E-state index contributed by atoms with van der Waals surface area (Å²) in [5.74, 6) is 0. The Morgan fingerprint density at radius 3 is 1.85 bits per heavy atom. The summed E-state index contributed by atoms with van der Waals surface area (Å²) in [6, 6.07) is 0. The van der Waals surface area contributed by atoms with Crippen molar-refractivity contribution in [2.24, 2.45) is 5.41 Å². The van der Waals surface area contributed by atoms with Crippen LogP contribution in [0.2, 0.25) is 0 Å². The van der Waals surface area contributed by atoms with E-state index < -0.39 is 18.5 Å². The summed E-state index contributed by atoms with van der Waals surface area (Å²) in [5, 5.41) is 0.289. The van der Waals surface area contributed by atoms with Gasteiger partial charge in [-0.05, 0) is 12.8 Å². The summed E-state index contributed by atoms with van der Waals surface area (Å²) in [6.07, 6.45) is 0.859. The zero-order valence-electron chi connectivity index (χ0n) is 7.66. The third-order valence-electron chi connectivity index (χ3n) is 2.33. The van der Waals surface area contributed by atoms with Crippen LogP contribution < -0.4 is 0 Å². The number of carbonyl (C=O) groups is 1. The van der Waals surface area contributed by atoms with Crippen molar-refractivity contribution in [3.05, 3.63) is 0 Å². The van der Waals surface area contributed by atoms with Crippen LogP contribution >= 0.6 is 23.5 Å². The molecular formula is C7H14BrO4P. The third kappa shape index (κ3) is 2.88. The molecule has 0 radical (unpaired) electrons. The van der Waals surface area contributed by atoms with Gasteiger partial charge in [0.05, 0.1) is 5.41 Å². The predicted molar refractivity (Wildman–Crippen MR) is 53.9 cm³/mol. The molecule has 0 heterocycles. The second kappa shape index (κ2) is 4.69. The first-order valence-electron chi connectivity index (χ1n) is 4.00. The Balaban J connectivity index is 4.97. The summed E-state index contributed by atoms with van der Waals surface area (Å²) in [5.41, 5.74) is -1.87. The van der Waals surface area contributed by atoms with Crippen molar-refractivity contribution < 1.29 is 19.1 Å². The fourth-order valence-corrected chi connectivity index (χ4v) is 3.39. The lowest BCUT2D eigenvalue weighted by atomic mass is 9.86. The lowest BCUT2D eigenvalue weighted by Crippen LogP contribution is -2.31. The molecule has 0 amide bonds. The van der Waals surface area contributed by atoms with Gasteiger partial charge in [0.15, 0.2) is 0 Å². The number of hydrogen-bond donors (Lipinski definition) is 2. The molecule has 0 aromatic carbocycles. The minimum atomic E-state index is -4.60. The summed E-state index contributed by atoms with van der Waals surface area (Å²) >= 11 is 3.12. The van der Waals surface area contributed by atoms with E-state index in [0.29, 0.717) is 12.8 Å². The molecule has 0 saturated carbocycles. The zero-order chi connectivity index (χ0) is 10.7. The van der Waals surface area contributed by atoms with Gasteiger partial charge in [-0.2, -0.15) is 0 Å². The van der Waals surface area contributed by atoms with Gasteiger partial charge in [-0.3, -0.25) is 9.36 Å². The van der Waals surface area contributed by atoms with Crippen LogP contribution in [0, 0.1) is 5.41 Å². The fourth-order valence-electron chi connectivity index (χ4n) is 1.11. The van der Waals surface area contributed by atoms with Crippen molar-refractivity contribution in [3.8, 4) is 0 Å². The van der Waals surface area contributed by atoms with Crippen LogP contribution in [-0.2, 0) is 9.36 Å². The maximum absolute atomic E-state index is 11.4. The molecule has 0 bridgehead atoms. The molecule has 6 heteroatoms. The van der Waals surface area contributed by atoms with Crippen molar-refractivity contribution in [2.75, 3.05) is 5.33 Å². The number of halogens is 1. The zero-order valence-corrected chi connectivity index (χ0v) is 10.1. The molecule has 78 valence electrons. The van der Waals surface area contributed by atoms with Crippen LogP contribution in [0.5, 0.6) is 0 Å². The van der Waals surface area contributed by atoms with E-state index >= 15 is 0 Å². The van der Waals surface area contributed by atoms with Gasteiger partial charge in [0, 0.05) is 5.33 Å². The van der Waals surface area contributed by atoms with Gasteiger partial charge >= 0.3 is 7.60 Å². The lowest BCUT2D eigenvalue weighted by molar-refractivity contribution is -0.121. The van der Waals surface area contributed by atoms with Crippen LogP contribution in [0.3, 0.4) is 0 Å². The van der Waals surface area contributed by atoms with Gasteiger partial charge in [-0.25, -0.2) is 0 Å². The van der Waals surface area contributed by atoms with Crippen LogP contribution in [0.25, 0.3) is 0 Å². The first-order valence-corrected chi connectivity index (χ1v) is 6.74. The maximum atomic E-state index is 11.4. The Labute approximate surface area is 86.0 Å². The van der Waals surface area contributed by atoms with Crippen LogP contribution in [0.15, 0.2) is 0 Å². The molecule has 4 nitrogen and oxygen atoms in total. The quantitative estimate of drug-likeness (QED) is 0.592. The van der Waals surface area contributed by atoms with Crippen molar-refractivity contribution in [1.82, 2.24) is 0 Å². The highest BCUT2D eigenvalue weighted by Crippen LogP contribution is 2.47. The number of alkyl halides is 1. The maximum Gasteiger partial charge on any atom is 0.392 e. The van der Waals surface area contributed by atoms with Gasteiger partial charge in [0.25, 0.3) is 0 Å². The summed E-state index contributed by atoms with van der Waals surface area (Å²) in [7, 11) is -4.60. The van der Waals surface area contributed by atoms with E-state index in [4.69, 9.17) is 9.79 Å². The Hall–Kier alpha value is 0.300. The van der Waals surface area contributed by atoms with Crippen molar-refractivity contribution in [1.29, 1.82) is 0 Å². The molecule has 0 aromatic rings. The molecule has 0 aliphatic rings. The Bertz CT molecular complexity index is 222. The standard InChI is InChI=1S/C7H14BrO4P/c1-3-7(4-2,5-8)6(9)13(10,11)12/h3-5H2,1-2H3,(H2,10,11,12). The number of hydrogen-bond acceptors (Lipinski definition) is 2. The van der Waals surface area contributed by atoms with E-state index in [9.17, 15) is 9.36 Å². The average molecular weight is 273 g/mol. The van der Waals surface area contributed by atoms with E-state index in [1.807, 2.05) is 0 Å². The van der Waals surface area contributed by atoms with Crippen molar-refractivity contribution in [2.45, 2.75) is 26.7 Å². The first-order chi connectivity index (χ1) is 5.84. The van der Waals surface area contributed by atoms with Gasteiger partial charge < -0.3 is 9.79 Å². The molecule has 0 fully saturated rings. The first kappa shape index (κ1) is 13.3. The largest absolute Gasteiger partial charge is 0.392 e. The molecular weight excluding hydrogens is 259 g/mol. The number of carbonyl (C=O) groups excluding carboxylic acids is 1. The summed E-state index contributed by atoms with van der Waals surface area (Å²) < 4.78 is 10.8. The summed E-state index contributed by atoms with van der Waals surface area (Å²) in [6.45, 7) is 3.50. The minimum Gasteiger partial charge on any atom is -0.319 e. The van der Waals surface area contributed by atoms with E-state index in [-0.39, 0.29) is 5.33 Å². The van der Waals surface area contributed by atoms with Gasteiger partial charge in [-0.15, -0.1) is 0 Å². The van der Waals surface area contributed by atoms with E-state index in [0.717, 1.165) is 0 Å². The normalized spacial score (nSPS) is 13.0. The third-order valence-corrected chi connectivity index (χ3v) is 4.40. The number of rotatable bonds is 5. The van der Waals surface area contributed by atoms with Crippen LogP contribution in [-0.4, -0.2) is 20.6 Å². The monoisotopic (exact) mass is 272 g/mol. The molecule has 0 rings (SSSR count). The predicted octanol–water partition coefficient (Wildman–Crippen LogP) is 1.89. The Kier molecular flexibility index (Phi) is 4.80. The van der Waals surface area contributed by atoms with E-state index in [1.54, 1.807) is 13.8 Å². The molecule has 13 heavy (non-hydrogen) atoms. The topological polar surface area (TPSA) is 74.6 Å². The highest BCUT2D eigenvalue weighted by molar-refractivity contribution is 9.09. The van der Waals surface area contributed by atoms with Crippen molar-refractivity contribution >= 4 is 29.1 Å². The molecule has 0 saturated heterocycles. The molecule has 0 aliphatic heterocycles. The second-order valence-electron chi connectivity index (χ2n) is 2.97. The highest BCUT2D eigenvalue weighted by Gasteiger charge is 2.43.